The summed E-state index contributed by atoms with van der Waals surface area (Å²) in [6.07, 6.45) is 3.92. The lowest BCUT2D eigenvalue weighted by atomic mass is 9.97. The molecule has 1 N–H and O–H groups in total. The average Bonchev–Trinajstić information content (AvgIpc) is 3.13. The van der Waals surface area contributed by atoms with Crippen LogP contribution in [0, 0.1) is 12.8 Å². The Morgan fingerprint density at radius 1 is 1.24 bits per heavy atom. The number of piperidine rings is 1. The third kappa shape index (κ3) is 6.01. The second kappa shape index (κ2) is 10.0. The number of halogens is 1. The smallest absolute Gasteiger partial charge is 0.243 e. The Bertz CT molecular complexity index is 921. The fourth-order valence-electron chi connectivity index (χ4n) is 3.39. The largest absolute Gasteiger partial charge is 0.356 e. The molecular formula is C20H26ClN3O3S2. The summed E-state index contributed by atoms with van der Waals surface area (Å²) in [4.78, 5) is 17.1. The molecule has 0 atom stereocenters. The molecule has 0 unspecified atom stereocenters. The van der Waals surface area contributed by atoms with Gasteiger partial charge in [0.2, 0.25) is 15.9 Å². The minimum absolute atomic E-state index is 0.0265. The average molecular weight is 456 g/mol. The molecular weight excluding hydrogens is 430 g/mol. The second-order valence-electron chi connectivity index (χ2n) is 7.26. The van der Waals surface area contributed by atoms with E-state index in [4.69, 9.17) is 11.6 Å². The Balaban J connectivity index is 1.39. The van der Waals surface area contributed by atoms with Crippen LogP contribution in [-0.2, 0) is 21.2 Å². The molecule has 158 valence electrons. The van der Waals surface area contributed by atoms with E-state index in [1.165, 1.54) is 16.4 Å². The molecule has 3 rings (SSSR count). The van der Waals surface area contributed by atoms with Crippen molar-refractivity contribution < 1.29 is 13.2 Å². The molecule has 0 radical (unpaired) electrons. The summed E-state index contributed by atoms with van der Waals surface area (Å²) >= 11 is 7.52. The second-order valence-corrected chi connectivity index (χ2v) is 10.6. The fraction of sp³-hybridized carbons (Fsp3) is 0.500. The van der Waals surface area contributed by atoms with E-state index in [-0.39, 0.29) is 16.7 Å². The summed E-state index contributed by atoms with van der Waals surface area (Å²) in [7, 11) is -3.54. The summed E-state index contributed by atoms with van der Waals surface area (Å²) in [6, 6.07) is 6.18. The van der Waals surface area contributed by atoms with Crippen LogP contribution in [0.2, 0.25) is 5.02 Å². The van der Waals surface area contributed by atoms with Gasteiger partial charge in [-0.15, -0.1) is 11.3 Å². The van der Waals surface area contributed by atoms with Crippen LogP contribution in [0.5, 0.6) is 0 Å². The van der Waals surface area contributed by atoms with Gasteiger partial charge in [0.1, 0.15) is 0 Å². The van der Waals surface area contributed by atoms with E-state index in [9.17, 15) is 13.2 Å². The molecule has 0 aliphatic carbocycles. The minimum Gasteiger partial charge on any atom is -0.356 e. The lowest BCUT2D eigenvalue weighted by Crippen LogP contribution is -2.43. The highest BCUT2D eigenvalue weighted by Gasteiger charge is 2.31. The number of sulfonamides is 1. The standard InChI is InChI=1S/C20H26ClN3O3S2/c1-15-14-28-19(23-15)4-2-3-11-22-20(25)16-9-12-24(13-10-16)29(26,27)18-7-5-17(21)6-8-18/h5-8,14,16H,2-4,9-13H2,1H3,(H,22,25). The van der Waals surface area contributed by atoms with Crippen LogP contribution in [0.25, 0.3) is 0 Å². The number of unbranched alkanes of at least 4 members (excludes halogenated alkanes) is 1. The topological polar surface area (TPSA) is 79.4 Å². The number of hydrogen-bond donors (Lipinski definition) is 1. The number of rotatable bonds is 8. The van der Waals surface area contributed by atoms with Crippen molar-refractivity contribution in [3.8, 4) is 0 Å². The molecule has 1 saturated heterocycles. The molecule has 1 aliphatic heterocycles. The van der Waals surface area contributed by atoms with Crippen molar-refractivity contribution >= 4 is 38.9 Å². The maximum atomic E-state index is 12.7. The number of aromatic nitrogens is 1. The molecule has 0 bridgehead atoms. The number of nitrogens with zero attached hydrogens (tertiary/aromatic N) is 2. The summed E-state index contributed by atoms with van der Waals surface area (Å²) < 4.78 is 26.9. The van der Waals surface area contributed by atoms with Gasteiger partial charge < -0.3 is 5.32 Å². The van der Waals surface area contributed by atoms with Crippen LogP contribution in [0.4, 0.5) is 0 Å². The van der Waals surface area contributed by atoms with Crippen molar-refractivity contribution in [2.45, 2.75) is 43.9 Å². The number of benzene rings is 1. The highest BCUT2D eigenvalue weighted by Crippen LogP contribution is 2.25. The first-order chi connectivity index (χ1) is 13.9. The van der Waals surface area contributed by atoms with Gasteiger partial charge in [-0.25, -0.2) is 13.4 Å². The lowest BCUT2D eigenvalue weighted by Gasteiger charge is -2.30. The Hall–Kier alpha value is -1.48. The van der Waals surface area contributed by atoms with Crippen molar-refractivity contribution in [2.24, 2.45) is 5.92 Å². The quantitative estimate of drug-likeness (QED) is 0.616. The molecule has 29 heavy (non-hydrogen) atoms. The zero-order chi connectivity index (χ0) is 20.9. The molecule has 1 aromatic carbocycles. The molecule has 1 amide bonds. The van der Waals surface area contributed by atoms with Gasteiger partial charge in [0.25, 0.3) is 0 Å². The monoisotopic (exact) mass is 455 g/mol. The molecule has 2 heterocycles. The Labute approximate surface area is 181 Å². The van der Waals surface area contributed by atoms with Gasteiger partial charge in [0.05, 0.1) is 9.90 Å². The SMILES string of the molecule is Cc1csc(CCCCNC(=O)C2CCN(S(=O)(=O)c3ccc(Cl)cc3)CC2)n1. The number of nitrogens with one attached hydrogen (secondary N) is 1. The van der Waals surface area contributed by atoms with Crippen molar-refractivity contribution in [2.75, 3.05) is 19.6 Å². The van der Waals surface area contributed by atoms with Crippen molar-refractivity contribution in [1.82, 2.24) is 14.6 Å². The van der Waals surface area contributed by atoms with E-state index in [0.717, 1.165) is 30.0 Å². The number of carbonyl (C=O) groups is 1. The van der Waals surface area contributed by atoms with E-state index >= 15 is 0 Å². The highest BCUT2D eigenvalue weighted by molar-refractivity contribution is 7.89. The first-order valence-corrected chi connectivity index (χ1v) is 12.5. The van der Waals surface area contributed by atoms with Crippen molar-refractivity contribution in [1.29, 1.82) is 0 Å². The summed E-state index contributed by atoms with van der Waals surface area (Å²) in [6.45, 7) is 3.34. The molecule has 1 aliphatic rings. The van der Waals surface area contributed by atoms with Crippen LogP contribution in [-0.4, -0.2) is 43.2 Å². The van der Waals surface area contributed by atoms with E-state index in [1.807, 2.05) is 6.92 Å². The number of thiazole rings is 1. The molecule has 1 fully saturated rings. The number of carbonyl (C=O) groups excluding carboxylic acids is 1. The maximum absolute atomic E-state index is 12.7. The Morgan fingerprint density at radius 3 is 2.55 bits per heavy atom. The van der Waals surface area contributed by atoms with Crippen molar-refractivity contribution in [3.63, 3.8) is 0 Å². The van der Waals surface area contributed by atoms with Crippen molar-refractivity contribution in [3.05, 3.63) is 45.4 Å². The zero-order valence-electron chi connectivity index (χ0n) is 16.4. The Morgan fingerprint density at radius 2 is 1.93 bits per heavy atom. The third-order valence-corrected chi connectivity index (χ3v) is 8.25. The van der Waals surface area contributed by atoms with Crippen LogP contribution in [0.15, 0.2) is 34.5 Å². The maximum Gasteiger partial charge on any atom is 0.243 e. The zero-order valence-corrected chi connectivity index (χ0v) is 18.8. The summed E-state index contributed by atoms with van der Waals surface area (Å²) in [5.41, 5.74) is 1.06. The van der Waals surface area contributed by atoms with E-state index in [0.29, 0.717) is 37.5 Å². The van der Waals surface area contributed by atoms with Crippen LogP contribution < -0.4 is 5.32 Å². The minimum atomic E-state index is -3.54. The van der Waals surface area contributed by atoms with Crippen LogP contribution in [0.1, 0.15) is 36.4 Å². The number of hydrogen-bond acceptors (Lipinski definition) is 5. The van der Waals surface area contributed by atoms with Gasteiger partial charge in [-0.2, -0.15) is 4.31 Å². The number of amides is 1. The molecule has 2 aromatic rings. The first-order valence-electron chi connectivity index (χ1n) is 9.80. The molecule has 1 aromatic heterocycles. The molecule has 9 heteroatoms. The lowest BCUT2D eigenvalue weighted by molar-refractivity contribution is -0.126. The van der Waals surface area contributed by atoms with Gasteiger partial charge in [-0.1, -0.05) is 11.6 Å². The molecule has 6 nitrogen and oxygen atoms in total. The molecule has 0 spiro atoms. The summed E-state index contributed by atoms with van der Waals surface area (Å²) in [5, 5.41) is 6.69. The summed E-state index contributed by atoms with van der Waals surface area (Å²) in [5.74, 6) is -0.105. The molecule has 0 saturated carbocycles. The van der Waals surface area contributed by atoms with Gasteiger partial charge >= 0.3 is 0 Å². The third-order valence-electron chi connectivity index (χ3n) is 5.06. The first kappa shape index (κ1) is 22.2. The van der Waals surface area contributed by atoms with Crippen LogP contribution >= 0.6 is 22.9 Å². The highest BCUT2D eigenvalue weighted by atomic mass is 35.5. The van der Waals surface area contributed by atoms with Gasteiger partial charge in [-0.05, 0) is 63.3 Å². The van der Waals surface area contributed by atoms with Gasteiger partial charge in [0.15, 0.2) is 0 Å². The van der Waals surface area contributed by atoms with Crippen LogP contribution in [0.3, 0.4) is 0 Å². The fourth-order valence-corrected chi connectivity index (χ4v) is 5.80. The number of aryl methyl sites for hydroxylation is 2. The van der Waals surface area contributed by atoms with E-state index in [1.54, 1.807) is 23.5 Å². The predicted octanol–water partition coefficient (Wildman–Crippen LogP) is 3.64. The van der Waals surface area contributed by atoms with Gasteiger partial charge in [-0.3, -0.25) is 4.79 Å². The normalized spacial score (nSPS) is 16.1. The van der Waals surface area contributed by atoms with E-state index < -0.39 is 10.0 Å². The predicted molar refractivity (Wildman–Crippen MR) is 116 cm³/mol. The van der Waals surface area contributed by atoms with E-state index in [2.05, 4.69) is 15.7 Å². The van der Waals surface area contributed by atoms with Gasteiger partial charge in [0, 0.05) is 41.6 Å². The Kier molecular flexibility index (Phi) is 7.67.